The summed E-state index contributed by atoms with van der Waals surface area (Å²) in [6.45, 7) is 5.73. The molecule has 0 fully saturated rings. The van der Waals surface area contributed by atoms with Crippen LogP contribution in [0.15, 0.2) is 46.9 Å². The zero-order chi connectivity index (χ0) is 21.4. The molecule has 2 aromatic carbocycles. The summed E-state index contributed by atoms with van der Waals surface area (Å²) in [5.41, 5.74) is 5.47. The fourth-order valence-electron chi connectivity index (χ4n) is 3.24. The average Bonchev–Trinajstić information content (AvgIpc) is 3.33. The Labute approximate surface area is 172 Å². The molecule has 2 aromatic heterocycles. The van der Waals surface area contributed by atoms with Crippen molar-refractivity contribution < 1.29 is 9.34 Å². The van der Waals surface area contributed by atoms with Gasteiger partial charge in [0.15, 0.2) is 0 Å². The quantitative estimate of drug-likeness (QED) is 0.269. The number of hydrogen-bond acceptors (Lipinski definition) is 5. The fraction of sp³-hybridized carbons (Fsp3) is 0.130. The van der Waals surface area contributed by atoms with Gasteiger partial charge in [0.25, 0.3) is 5.69 Å². The summed E-state index contributed by atoms with van der Waals surface area (Å²) in [5, 5.41) is 20.8. The lowest BCUT2D eigenvalue weighted by Gasteiger charge is -2.00. The third-order valence-corrected chi connectivity index (χ3v) is 5.08. The fourth-order valence-corrected chi connectivity index (χ4v) is 3.24. The number of fused-ring (bicyclic) bond motifs is 1. The summed E-state index contributed by atoms with van der Waals surface area (Å²) in [7, 11) is 0. The molecule has 0 aliphatic rings. The zero-order valence-corrected chi connectivity index (χ0v) is 16.7. The number of allylic oxidation sites excluding steroid dienone is 1. The molecule has 2 heterocycles. The predicted molar refractivity (Wildman–Crippen MR) is 115 cm³/mol. The third kappa shape index (κ3) is 3.47. The summed E-state index contributed by atoms with van der Waals surface area (Å²) in [5.74, 6) is 1.40. The molecule has 7 heteroatoms. The van der Waals surface area contributed by atoms with E-state index in [1.165, 1.54) is 6.07 Å². The van der Waals surface area contributed by atoms with E-state index < -0.39 is 4.92 Å². The van der Waals surface area contributed by atoms with Gasteiger partial charge in [-0.15, -0.1) is 0 Å². The van der Waals surface area contributed by atoms with Gasteiger partial charge in [0.2, 0.25) is 0 Å². The van der Waals surface area contributed by atoms with Crippen molar-refractivity contribution in [3.05, 3.63) is 80.9 Å². The van der Waals surface area contributed by atoms with Crippen LogP contribution in [0.1, 0.15) is 28.3 Å². The van der Waals surface area contributed by atoms with E-state index in [-0.39, 0.29) is 5.69 Å². The third-order valence-electron chi connectivity index (χ3n) is 5.08. The van der Waals surface area contributed by atoms with Crippen molar-refractivity contribution in [3.63, 3.8) is 0 Å². The zero-order valence-electron chi connectivity index (χ0n) is 16.7. The minimum Gasteiger partial charge on any atom is -0.457 e. The minimum atomic E-state index is -0.415. The maximum atomic E-state index is 11.2. The van der Waals surface area contributed by atoms with Crippen LogP contribution in [-0.4, -0.2) is 14.9 Å². The van der Waals surface area contributed by atoms with Gasteiger partial charge in [-0.3, -0.25) is 10.1 Å². The Morgan fingerprint density at radius 2 is 1.90 bits per heavy atom. The van der Waals surface area contributed by atoms with Gasteiger partial charge >= 0.3 is 0 Å². The van der Waals surface area contributed by atoms with Crippen molar-refractivity contribution in [1.29, 1.82) is 5.26 Å². The molecule has 0 aliphatic carbocycles. The van der Waals surface area contributed by atoms with E-state index in [0.29, 0.717) is 34.0 Å². The second kappa shape index (κ2) is 7.33. The number of nitriles is 1. The maximum Gasteiger partial charge on any atom is 0.273 e. The first-order valence-corrected chi connectivity index (χ1v) is 9.30. The molecule has 0 unspecified atom stereocenters. The van der Waals surface area contributed by atoms with E-state index in [0.717, 1.165) is 22.2 Å². The molecule has 0 amide bonds. The first-order valence-electron chi connectivity index (χ1n) is 9.30. The van der Waals surface area contributed by atoms with Crippen LogP contribution in [0.4, 0.5) is 5.69 Å². The number of aromatic amines is 1. The first-order chi connectivity index (χ1) is 14.4. The SMILES string of the molecule is Cc1cc2nc(/C(C#N)=C/c3ccc(-c4ccc(C)c([N+](=O)[O-])c4)o3)[nH]c2cc1C. The lowest BCUT2D eigenvalue weighted by atomic mass is 10.1. The average molecular weight is 398 g/mol. The van der Waals surface area contributed by atoms with Crippen molar-refractivity contribution in [2.45, 2.75) is 20.8 Å². The number of nitrogens with one attached hydrogen (secondary N) is 1. The summed E-state index contributed by atoms with van der Waals surface area (Å²) in [6, 6.07) is 14.5. The van der Waals surface area contributed by atoms with Crippen molar-refractivity contribution in [3.8, 4) is 17.4 Å². The second-order valence-electron chi connectivity index (χ2n) is 7.17. The van der Waals surface area contributed by atoms with Crippen LogP contribution in [0.25, 0.3) is 34.0 Å². The molecular weight excluding hydrogens is 380 g/mol. The van der Waals surface area contributed by atoms with E-state index in [1.807, 2.05) is 26.0 Å². The van der Waals surface area contributed by atoms with Crippen molar-refractivity contribution >= 4 is 28.4 Å². The van der Waals surface area contributed by atoms with Gasteiger partial charge in [0, 0.05) is 23.3 Å². The van der Waals surface area contributed by atoms with Crippen molar-refractivity contribution in [2.75, 3.05) is 0 Å². The largest absolute Gasteiger partial charge is 0.457 e. The van der Waals surface area contributed by atoms with Crippen molar-refractivity contribution in [1.82, 2.24) is 9.97 Å². The molecular formula is C23H18N4O3. The van der Waals surface area contributed by atoms with E-state index in [4.69, 9.17) is 4.42 Å². The van der Waals surface area contributed by atoms with Gasteiger partial charge in [-0.1, -0.05) is 12.1 Å². The molecule has 1 N–H and O–H groups in total. The van der Waals surface area contributed by atoms with Crippen LogP contribution in [0, 0.1) is 42.2 Å². The van der Waals surface area contributed by atoms with Gasteiger partial charge in [-0.05, 0) is 56.2 Å². The van der Waals surface area contributed by atoms with Gasteiger partial charge < -0.3 is 9.40 Å². The van der Waals surface area contributed by atoms with Crippen molar-refractivity contribution in [2.24, 2.45) is 0 Å². The number of H-pyrrole nitrogens is 1. The highest BCUT2D eigenvalue weighted by molar-refractivity contribution is 5.90. The molecule has 0 aliphatic heterocycles. The Bertz CT molecular complexity index is 1330. The highest BCUT2D eigenvalue weighted by Gasteiger charge is 2.15. The number of benzene rings is 2. The maximum absolute atomic E-state index is 11.2. The highest BCUT2D eigenvalue weighted by Crippen LogP contribution is 2.29. The number of rotatable bonds is 4. The van der Waals surface area contributed by atoms with E-state index in [1.54, 1.807) is 37.3 Å². The van der Waals surface area contributed by atoms with Crippen LogP contribution in [-0.2, 0) is 0 Å². The van der Waals surface area contributed by atoms with E-state index in [2.05, 4.69) is 16.0 Å². The standard InChI is InChI=1S/C23H18N4O3/c1-13-4-5-16(11-21(13)27(28)29)22-7-6-18(30-22)10-17(12-24)23-25-19-8-14(2)15(3)9-20(19)26-23/h4-11H,1-3H3,(H,25,26)/b17-10+. The summed E-state index contributed by atoms with van der Waals surface area (Å²) < 4.78 is 5.82. The topological polar surface area (TPSA) is 109 Å². The number of imidazole rings is 1. The van der Waals surface area contributed by atoms with Gasteiger partial charge in [0.05, 0.1) is 21.5 Å². The van der Waals surface area contributed by atoms with Crippen LogP contribution in [0.5, 0.6) is 0 Å². The Balaban J connectivity index is 1.70. The Morgan fingerprint density at radius 1 is 1.13 bits per heavy atom. The highest BCUT2D eigenvalue weighted by atomic mass is 16.6. The molecule has 4 aromatic rings. The second-order valence-corrected chi connectivity index (χ2v) is 7.17. The lowest BCUT2D eigenvalue weighted by molar-refractivity contribution is -0.385. The number of furan rings is 1. The molecule has 30 heavy (non-hydrogen) atoms. The summed E-state index contributed by atoms with van der Waals surface area (Å²) in [6.07, 6.45) is 1.60. The Kier molecular flexibility index (Phi) is 4.68. The Hall–Kier alpha value is -4.18. The summed E-state index contributed by atoms with van der Waals surface area (Å²) >= 11 is 0. The molecule has 0 atom stereocenters. The van der Waals surface area contributed by atoms with Gasteiger partial charge in [0.1, 0.15) is 23.4 Å². The lowest BCUT2D eigenvalue weighted by Crippen LogP contribution is -1.91. The molecule has 0 spiro atoms. The molecule has 7 nitrogen and oxygen atoms in total. The summed E-state index contributed by atoms with van der Waals surface area (Å²) in [4.78, 5) is 18.5. The van der Waals surface area contributed by atoms with Gasteiger partial charge in [-0.2, -0.15) is 5.26 Å². The number of aryl methyl sites for hydroxylation is 3. The molecule has 0 saturated heterocycles. The molecule has 4 rings (SSSR count). The monoisotopic (exact) mass is 398 g/mol. The number of aromatic nitrogens is 2. The van der Waals surface area contributed by atoms with Crippen LogP contribution in [0.3, 0.4) is 0 Å². The van der Waals surface area contributed by atoms with Crippen LogP contribution in [0.2, 0.25) is 0 Å². The normalized spacial score (nSPS) is 11.6. The minimum absolute atomic E-state index is 0.0339. The number of nitrogens with zero attached hydrogens (tertiary/aromatic N) is 3. The van der Waals surface area contributed by atoms with Crippen LogP contribution >= 0.6 is 0 Å². The van der Waals surface area contributed by atoms with Crippen LogP contribution < -0.4 is 0 Å². The van der Waals surface area contributed by atoms with E-state index >= 15 is 0 Å². The smallest absolute Gasteiger partial charge is 0.273 e. The Morgan fingerprint density at radius 3 is 2.63 bits per heavy atom. The molecule has 0 saturated carbocycles. The molecule has 0 bridgehead atoms. The number of nitro groups is 1. The first kappa shape index (κ1) is 19.2. The number of nitro benzene ring substituents is 1. The van der Waals surface area contributed by atoms with Gasteiger partial charge in [-0.25, -0.2) is 4.98 Å². The van der Waals surface area contributed by atoms with E-state index in [9.17, 15) is 15.4 Å². The number of hydrogen-bond donors (Lipinski definition) is 1. The predicted octanol–water partition coefficient (Wildman–Crippen LogP) is 5.72. The molecule has 0 radical (unpaired) electrons. The molecule has 148 valence electrons.